The fourth-order valence-corrected chi connectivity index (χ4v) is 1.76. The number of carbonyl (C=O) groups excluding carboxylic acids is 1. The number of carboxylic acid groups (broad SMARTS) is 1. The number of hydrogen-bond donors (Lipinski definition) is 3. The number of carbonyl (C=O) groups is 2. The summed E-state index contributed by atoms with van der Waals surface area (Å²) < 4.78 is 13.5. The second-order valence-corrected chi connectivity index (χ2v) is 5.74. The molecule has 0 bridgehead atoms. The molecule has 0 spiro atoms. The number of hydrogen-bond acceptors (Lipinski definition) is 2. The van der Waals surface area contributed by atoms with Crippen molar-refractivity contribution < 1.29 is 19.1 Å². The lowest BCUT2D eigenvalue weighted by Crippen LogP contribution is -2.50. The quantitative estimate of drug-likeness (QED) is 0.803. The number of anilines is 1. The smallest absolute Gasteiger partial charge is 0.326 e. The van der Waals surface area contributed by atoms with Crippen LogP contribution >= 0.6 is 11.6 Å². The molecular formula is C13H16ClFN2O3. The third kappa shape index (κ3) is 4.09. The van der Waals surface area contributed by atoms with Gasteiger partial charge in [-0.2, -0.15) is 0 Å². The Balaban J connectivity index is 2.84. The van der Waals surface area contributed by atoms with Crippen molar-refractivity contribution in [3.63, 3.8) is 0 Å². The molecule has 0 aliphatic rings. The number of halogens is 2. The van der Waals surface area contributed by atoms with E-state index in [0.29, 0.717) is 0 Å². The molecule has 0 heterocycles. The lowest BCUT2D eigenvalue weighted by atomic mass is 9.87. The van der Waals surface area contributed by atoms with Crippen LogP contribution in [0.15, 0.2) is 18.2 Å². The molecule has 3 N–H and O–H groups in total. The number of nitrogens with one attached hydrogen (secondary N) is 2. The van der Waals surface area contributed by atoms with Crippen LogP contribution in [-0.2, 0) is 4.79 Å². The van der Waals surface area contributed by atoms with Crippen molar-refractivity contribution in [2.24, 2.45) is 5.41 Å². The molecule has 20 heavy (non-hydrogen) atoms. The molecule has 0 saturated carbocycles. The number of urea groups is 1. The van der Waals surface area contributed by atoms with Crippen LogP contribution in [-0.4, -0.2) is 23.1 Å². The van der Waals surface area contributed by atoms with Crippen molar-refractivity contribution in [3.05, 3.63) is 29.0 Å². The number of amides is 2. The molecule has 0 saturated heterocycles. The van der Waals surface area contributed by atoms with Gasteiger partial charge in [-0.25, -0.2) is 14.0 Å². The van der Waals surface area contributed by atoms with Crippen molar-refractivity contribution in [2.75, 3.05) is 5.32 Å². The van der Waals surface area contributed by atoms with Crippen molar-refractivity contribution >= 4 is 29.3 Å². The number of rotatable bonds is 3. The summed E-state index contributed by atoms with van der Waals surface area (Å²) in [5.74, 6) is -1.87. The number of benzene rings is 1. The molecule has 1 rings (SSSR count). The van der Waals surface area contributed by atoms with Crippen LogP contribution in [0.25, 0.3) is 0 Å². The van der Waals surface area contributed by atoms with Crippen LogP contribution in [0.5, 0.6) is 0 Å². The van der Waals surface area contributed by atoms with E-state index >= 15 is 0 Å². The van der Waals surface area contributed by atoms with Crippen molar-refractivity contribution in [3.8, 4) is 0 Å². The molecule has 0 unspecified atom stereocenters. The first-order chi connectivity index (χ1) is 9.12. The Hall–Kier alpha value is -1.82. The van der Waals surface area contributed by atoms with E-state index in [1.54, 1.807) is 20.8 Å². The van der Waals surface area contributed by atoms with E-state index < -0.39 is 29.3 Å². The molecule has 1 aromatic carbocycles. The summed E-state index contributed by atoms with van der Waals surface area (Å²) in [4.78, 5) is 22.9. The van der Waals surface area contributed by atoms with Gasteiger partial charge in [-0.3, -0.25) is 0 Å². The zero-order valence-corrected chi connectivity index (χ0v) is 12.1. The van der Waals surface area contributed by atoms with Gasteiger partial charge in [-0.15, -0.1) is 0 Å². The predicted molar refractivity (Wildman–Crippen MR) is 74.4 cm³/mol. The van der Waals surface area contributed by atoms with E-state index in [4.69, 9.17) is 16.7 Å². The maximum absolute atomic E-state index is 13.5. The Labute approximate surface area is 121 Å². The maximum atomic E-state index is 13.5. The topological polar surface area (TPSA) is 78.4 Å². The summed E-state index contributed by atoms with van der Waals surface area (Å²) in [6.45, 7) is 5.01. The standard InChI is InChI=1S/C13H16ClFN2O3/c1-13(2,3)10(11(18)19)17-12(20)16-9-7(14)5-4-6-8(9)15/h4-6,10H,1-3H3,(H,18,19)(H2,16,17,20)/t10-/m0/s1. The second-order valence-electron chi connectivity index (χ2n) is 5.33. The monoisotopic (exact) mass is 302 g/mol. The third-order valence-electron chi connectivity index (χ3n) is 2.59. The molecule has 0 radical (unpaired) electrons. The first-order valence-corrected chi connectivity index (χ1v) is 6.25. The van der Waals surface area contributed by atoms with Gasteiger partial charge in [0.05, 0.1) is 10.7 Å². The molecule has 0 fully saturated rings. The molecule has 0 aromatic heterocycles. The normalized spacial score (nSPS) is 12.7. The van der Waals surface area contributed by atoms with E-state index in [1.807, 2.05) is 0 Å². The van der Waals surface area contributed by atoms with Gasteiger partial charge in [0.2, 0.25) is 0 Å². The fraction of sp³-hybridized carbons (Fsp3) is 0.385. The maximum Gasteiger partial charge on any atom is 0.326 e. The van der Waals surface area contributed by atoms with Crippen LogP contribution in [0.4, 0.5) is 14.9 Å². The lowest BCUT2D eigenvalue weighted by molar-refractivity contribution is -0.141. The van der Waals surface area contributed by atoms with Crippen LogP contribution in [0.2, 0.25) is 5.02 Å². The highest BCUT2D eigenvalue weighted by atomic mass is 35.5. The zero-order chi connectivity index (χ0) is 15.5. The molecule has 7 heteroatoms. The van der Waals surface area contributed by atoms with Crippen LogP contribution in [0, 0.1) is 11.2 Å². The lowest BCUT2D eigenvalue weighted by Gasteiger charge is -2.27. The largest absolute Gasteiger partial charge is 0.480 e. The van der Waals surface area contributed by atoms with Crippen LogP contribution in [0.1, 0.15) is 20.8 Å². The summed E-state index contributed by atoms with van der Waals surface area (Å²) in [6.07, 6.45) is 0. The van der Waals surface area contributed by atoms with Crippen molar-refractivity contribution in [1.29, 1.82) is 0 Å². The molecule has 1 aromatic rings. The number of para-hydroxylation sites is 1. The third-order valence-corrected chi connectivity index (χ3v) is 2.90. The Bertz CT molecular complexity index is 509. The van der Waals surface area contributed by atoms with Gasteiger partial charge in [0.25, 0.3) is 0 Å². The van der Waals surface area contributed by atoms with Gasteiger partial charge in [0, 0.05) is 0 Å². The van der Waals surface area contributed by atoms with Gasteiger partial charge >= 0.3 is 12.0 Å². The van der Waals surface area contributed by atoms with E-state index in [9.17, 15) is 14.0 Å². The second kappa shape index (κ2) is 6.09. The van der Waals surface area contributed by atoms with Crippen LogP contribution in [0.3, 0.4) is 0 Å². The Morgan fingerprint density at radius 1 is 1.35 bits per heavy atom. The van der Waals surface area contributed by atoms with Crippen LogP contribution < -0.4 is 10.6 Å². The highest BCUT2D eigenvalue weighted by Crippen LogP contribution is 2.25. The molecule has 0 aliphatic carbocycles. The minimum Gasteiger partial charge on any atom is -0.480 e. The van der Waals surface area contributed by atoms with Gasteiger partial charge in [-0.05, 0) is 17.5 Å². The van der Waals surface area contributed by atoms with Gasteiger partial charge in [0.1, 0.15) is 11.9 Å². The predicted octanol–water partition coefficient (Wildman–Crippen LogP) is 3.10. The average Bonchev–Trinajstić information content (AvgIpc) is 2.29. The average molecular weight is 303 g/mol. The van der Waals surface area contributed by atoms with Crippen molar-refractivity contribution in [2.45, 2.75) is 26.8 Å². The number of aliphatic carboxylic acids is 1. The summed E-state index contributed by atoms with van der Waals surface area (Å²) in [7, 11) is 0. The van der Waals surface area contributed by atoms with E-state index in [1.165, 1.54) is 12.1 Å². The zero-order valence-electron chi connectivity index (χ0n) is 11.3. The molecule has 2 amide bonds. The Morgan fingerprint density at radius 3 is 2.40 bits per heavy atom. The summed E-state index contributed by atoms with van der Waals surface area (Å²) in [6, 6.07) is 2.00. The fourth-order valence-electron chi connectivity index (χ4n) is 1.55. The molecule has 1 atom stereocenters. The first-order valence-electron chi connectivity index (χ1n) is 5.87. The van der Waals surface area contributed by atoms with E-state index in [2.05, 4.69) is 10.6 Å². The first kappa shape index (κ1) is 16.2. The number of carboxylic acids is 1. The molecule has 110 valence electrons. The van der Waals surface area contributed by atoms with E-state index in [-0.39, 0.29) is 10.7 Å². The molecule has 5 nitrogen and oxygen atoms in total. The van der Waals surface area contributed by atoms with E-state index in [0.717, 1.165) is 6.07 Å². The summed E-state index contributed by atoms with van der Waals surface area (Å²) in [5.41, 5.74) is -0.882. The van der Waals surface area contributed by atoms with Gasteiger partial charge < -0.3 is 15.7 Å². The van der Waals surface area contributed by atoms with Crippen molar-refractivity contribution in [1.82, 2.24) is 5.32 Å². The molecular weight excluding hydrogens is 287 g/mol. The summed E-state index contributed by atoms with van der Waals surface area (Å²) >= 11 is 5.76. The summed E-state index contributed by atoms with van der Waals surface area (Å²) in [5, 5.41) is 13.6. The highest BCUT2D eigenvalue weighted by Gasteiger charge is 2.32. The van der Waals surface area contributed by atoms with Gasteiger partial charge in [0.15, 0.2) is 0 Å². The minimum atomic E-state index is -1.17. The molecule has 0 aliphatic heterocycles. The highest BCUT2D eigenvalue weighted by molar-refractivity contribution is 6.33. The Kier molecular flexibility index (Phi) is 4.94. The Morgan fingerprint density at radius 2 is 1.95 bits per heavy atom. The minimum absolute atomic E-state index is 0.0304. The SMILES string of the molecule is CC(C)(C)[C@@H](NC(=O)Nc1c(F)cccc1Cl)C(=O)O. The van der Waals surface area contributed by atoms with Gasteiger partial charge in [-0.1, -0.05) is 38.4 Å².